The summed E-state index contributed by atoms with van der Waals surface area (Å²) in [6, 6.07) is 0. The molecule has 0 amide bonds. The maximum absolute atomic E-state index is 11.9. The Labute approximate surface area is 103 Å². The molecule has 0 spiro atoms. The zero-order chi connectivity index (χ0) is 13.7. The van der Waals surface area contributed by atoms with Gasteiger partial charge >= 0.3 is 11.9 Å². The van der Waals surface area contributed by atoms with Gasteiger partial charge in [0.1, 0.15) is 5.60 Å². The summed E-state index contributed by atoms with van der Waals surface area (Å²) in [5.41, 5.74) is 3.46. The van der Waals surface area contributed by atoms with Gasteiger partial charge in [0.05, 0.1) is 7.11 Å². The van der Waals surface area contributed by atoms with Crippen molar-refractivity contribution in [2.24, 2.45) is 5.73 Å². The third kappa shape index (κ3) is 4.73. The van der Waals surface area contributed by atoms with Crippen molar-refractivity contribution in [2.45, 2.75) is 58.1 Å². The van der Waals surface area contributed by atoms with Crippen molar-refractivity contribution >= 4 is 11.9 Å². The molecule has 100 valence electrons. The molecule has 0 rings (SSSR count). The molecule has 2 N–H and O–H groups in total. The molecule has 0 heterocycles. The Morgan fingerprint density at radius 1 is 1.18 bits per heavy atom. The molecule has 0 aromatic heterocycles. The highest BCUT2D eigenvalue weighted by atomic mass is 16.6. The number of carbonyl (C=O) groups excluding carboxylic acids is 2. The first kappa shape index (κ1) is 15.9. The van der Waals surface area contributed by atoms with Crippen molar-refractivity contribution < 1.29 is 19.1 Å². The summed E-state index contributed by atoms with van der Waals surface area (Å²) in [6.45, 7) is 7.13. The predicted octanol–water partition coefficient (Wildman–Crippen LogP) is 1.39. The zero-order valence-electron chi connectivity index (χ0n) is 11.3. The lowest BCUT2D eigenvalue weighted by Crippen LogP contribution is -2.57. The van der Waals surface area contributed by atoms with Crippen LogP contribution < -0.4 is 5.73 Å². The summed E-state index contributed by atoms with van der Waals surface area (Å²) in [6.07, 6.45) is 1.72. The summed E-state index contributed by atoms with van der Waals surface area (Å²) in [5, 5.41) is 0. The Morgan fingerprint density at radius 3 is 2.06 bits per heavy atom. The lowest BCUT2D eigenvalue weighted by molar-refractivity contribution is -0.170. The first-order chi connectivity index (χ1) is 7.67. The Morgan fingerprint density at radius 2 is 1.71 bits per heavy atom. The van der Waals surface area contributed by atoms with Crippen LogP contribution in [0.4, 0.5) is 0 Å². The van der Waals surface area contributed by atoms with Crippen LogP contribution in [0.15, 0.2) is 0 Å². The van der Waals surface area contributed by atoms with Crippen LogP contribution in [0, 0.1) is 0 Å². The smallest absolute Gasteiger partial charge is 0.338 e. The second-order valence-electron chi connectivity index (χ2n) is 5.07. The van der Waals surface area contributed by atoms with Gasteiger partial charge in [0.15, 0.2) is 0 Å². The Kier molecular flexibility index (Phi) is 5.61. The molecule has 0 saturated carbocycles. The van der Waals surface area contributed by atoms with Crippen molar-refractivity contribution in [3.8, 4) is 0 Å². The fraction of sp³-hybridized carbons (Fsp3) is 0.833. The van der Waals surface area contributed by atoms with Gasteiger partial charge in [-0.25, -0.2) is 9.59 Å². The van der Waals surface area contributed by atoms with E-state index < -0.39 is 23.1 Å². The van der Waals surface area contributed by atoms with Crippen LogP contribution in [0.5, 0.6) is 0 Å². The molecule has 0 bridgehead atoms. The molecule has 0 fully saturated rings. The average molecular weight is 245 g/mol. The summed E-state index contributed by atoms with van der Waals surface area (Å²) in [4.78, 5) is 23.6. The van der Waals surface area contributed by atoms with Crippen LogP contribution in [-0.4, -0.2) is 30.2 Å². The molecule has 5 heteroatoms. The van der Waals surface area contributed by atoms with Gasteiger partial charge in [0.2, 0.25) is 5.54 Å². The second kappa shape index (κ2) is 6.00. The molecule has 5 nitrogen and oxygen atoms in total. The second-order valence-corrected chi connectivity index (χ2v) is 5.07. The van der Waals surface area contributed by atoms with E-state index >= 15 is 0 Å². The van der Waals surface area contributed by atoms with E-state index in [1.165, 1.54) is 7.11 Å². The minimum atomic E-state index is -1.70. The molecule has 0 radical (unpaired) electrons. The summed E-state index contributed by atoms with van der Waals surface area (Å²) < 4.78 is 9.74. The standard InChI is InChI=1S/C12H23NO4/c1-6-7-8-12(13,9(14)16-5)10(15)17-11(2,3)4/h6-8,13H2,1-5H3. The van der Waals surface area contributed by atoms with E-state index in [1.807, 2.05) is 6.92 Å². The molecule has 1 unspecified atom stereocenters. The van der Waals surface area contributed by atoms with Crippen molar-refractivity contribution in [2.75, 3.05) is 7.11 Å². The minimum absolute atomic E-state index is 0.227. The van der Waals surface area contributed by atoms with E-state index in [0.29, 0.717) is 6.42 Å². The largest absolute Gasteiger partial charge is 0.467 e. The maximum Gasteiger partial charge on any atom is 0.338 e. The van der Waals surface area contributed by atoms with Crippen molar-refractivity contribution in [1.82, 2.24) is 0 Å². The third-order valence-electron chi connectivity index (χ3n) is 2.24. The SMILES string of the molecule is CCCCC(N)(C(=O)OC)C(=O)OC(C)(C)C. The first-order valence-corrected chi connectivity index (χ1v) is 5.78. The molecule has 0 aliphatic heterocycles. The van der Waals surface area contributed by atoms with Gasteiger partial charge in [-0.15, -0.1) is 0 Å². The number of carbonyl (C=O) groups is 2. The maximum atomic E-state index is 11.9. The minimum Gasteiger partial charge on any atom is -0.467 e. The topological polar surface area (TPSA) is 78.6 Å². The van der Waals surface area contributed by atoms with Crippen LogP contribution in [0.25, 0.3) is 0 Å². The Bertz CT molecular complexity index is 283. The van der Waals surface area contributed by atoms with Crippen LogP contribution in [0.1, 0.15) is 47.0 Å². The van der Waals surface area contributed by atoms with Crippen LogP contribution in [0.3, 0.4) is 0 Å². The third-order valence-corrected chi connectivity index (χ3v) is 2.24. The van der Waals surface area contributed by atoms with Crippen molar-refractivity contribution in [3.63, 3.8) is 0 Å². The van der Waals surface area contributed by atoms with Crippen LogP contribution in [-0.2, 0) is 19.1 Å². The summed E-state index contributed by atoms with van der Waals surface area (Å²) >= 11 is 0. The predicted molar refractivity (Wildman–Crippen MR) is 64.3 cm³/mol. The number of rotatable bonds is 5. The highest BCUT2D eigenvalue weighted by Gasteiger charge is 2.45. The quantitative estimate of drug-likeness (QED) is 0.585. The fourth-order valence-corrected chi connectivity index (χ4v) is 1.29. The number of hydrogen-bond donors (Lipinski definition) is 1. The van der Waals surface area contributed by atoms with E-state index in [2.05, 4.69) is 4.74 Å². The monoisotopic (exact) mass is 245 g/mol. The molecule has 0 aliphatic carbocycles. The Hall–Kier alpha value is -1.10. The summed E-state index contributed by atoms with van der Waals surface area (Å²) in [5.74, 6) is -1.48. The number of unbranched alkanes of at least 4 members (excludes halogenated alkanes) is 1. The van der Waals surface area contributed by atoms with Gasteiger partial charge in [-0.2, -0.15) is 0 Å². The fourth-order valence-electron chi connectivity index (χ4n) is 1.29. The number of methoxy groups -OCH3 is 1. The average Bonchev–Trinajstić information content (AvgIpc) is 2.22. The lowest BCUT2D eigenvalue weighted by Gasteiger charge is -2.29. The molecule has 0 saturated heterocycles. The van der Waals surface area contributed by atoms with E-state index in [4.69, 9.17) is 10.5 Å². The van der Waals surface area contributed by atoms with Gasteiger partial charge in [-0.3, -0.25) is 0 Å². The van der Waals surface area contributed by atoms with E-state index in [9.17, 15) is 9.59 Å². The number of hydrogen-bond acceptors (Lipinski definition) is 5. The highest BCUT2D eigenvalue weighted by molar-refractivity contribution is 6.04. The molecular formula is C12H23NO4. The number of esters is 2. The van der Waals surface area contributed by atoms with E-state index in [1.54, 1.807) is 20.8 Å². The molecule has 0 aliphatic rings. The molecule has 0 aromatic rings. The highest BCUT2D eigenvalue weighted by Crippen LogP contribution is 2.19. The van der Waals surface area contributed by atoms with E-state index in [0.717, 1.165) is 6.42 Å². The van der Waals surface area contributed by atoms with Gasteiger partial charge in [-0.1, -0.05) is 19.8 Å². The molecule has 1 atom stereocenters. The first-order valence-electron chi connectivity index (χ1n) is 5.78. The molecule has 0 aromatic carbocycles. The van der Waals surface area contributed by atoms with Gasteiger partial charge in [-0.05, 0) is 27.2 Å². The number of ether oxygens (including phenoxy) is 2. The van der Waals surface area contributed by atoms with E-state index in [-0.39, 0.29) is 6.42 Å². The molecule has 17 heavy (non-hydrogen) atoms. The van der Waals surface area contributed by atoms with Gasteiger partial charge in [0.25, 0.3) is 0 Å². The van der Waals surface area contributed by atoms with Crippen molar-refractivity contribution in [3.05, 3.63) is 0 Å². The lowest BCUT2D eigenvalue weighted by atomic mass is 9.93. The zero-order valence-corrected chi connectivity index (χ0v) is 11.3. The Balaban J connectivity index is 4.91. The summed E-state index contributed by atoms with van der Waals surface area (Å²) in [7, 11) is 1.21. The van der Waals surface area contributed by atoms with Crippen LogP contribution >= 0.6 is 0 Å². The molecular weight excluding hydrogens is 222 g/mol. The normalized spacial score (nSPS) is 14.9. The van der Waals surface area contributed by atoms with Gasteiger partial charge in [0, 0.05) is 0 Å². The van der Waals surface area contributed by atoms with Crippen molar-refractivity contribution in [1.29, 1.82) is 0 Å². The number of nitrogens with two attached hydrogens (primary N) is 1. The van der Waals surface area contributed by atoms with Gasteiger partial charge < -0.3 is 15.2 Å². The van der Waals surface area contributed by atoms with Crippen LogP contribution in [0.2, 0.25) is 0 Å².